The first-order valence-electron chi connectivity index (χ1n) is 7.57. The molecule has 2 aromatic carbocycles. The number of methoxy groups -OCH3 is 1. The van der Waals surface area contributed by atoms with E-state index in [4.69, 9.17) is 9.26 Å². The first-order chi connectivity index (χ1) is 11.6. The summed E-state index contributed by atoms with van der Waals surface area (Å²) in [5.74, 6) is 0.797. The minimum absolute atomic E-state index is 0.217. The zero-order chi connectivity index (χ0) is 17.1. The van der Waals surface area contributed by atoms with Crippen LogP contribution in [0.3, 0.4) is 0 Å². The number of para-hydroxylation sites is 2. The van der Waals surface area contributed by atoms with Crippen molar-refractivity contribution >= 4 is 11.6 Å². The number of anilines is 1. The van der Waals surface area contributed by atoms with Crippen LogP contribution in [0.25, 0.3) is 11.3 Å². The van der Waals surface area contributed by atoms with Crippen molar-refractivity contribution in [2.75, 3.05) is 12.4 Å². The Morgan fingerprint density at radius 2 is 1.88 bits per heavy atom. The Morgan fingerprint density at radius 1 is 1.08 bits per heavy atom. The Labute approximate surface area is 140 Å². The monoisotopic (exact) mass is 322 g/mol. The lowest BCUT2D eigenvalue weighted by atomic mass is 10.0. The van der Waals surface area contributed by atoms with E-state index in [1.54, 1.807) is 25.3 Å². The number of ether oxygens (including phenoxy) is 1. The molecule has 0 spiro atoms. The Kier molecular flexibility index (Phi) is 4.33. The van der Waals surface area contributed by atoms with E-state index in [2.05, 4.69) is 10.5 Å². The zero-order valence-corrected chi connectivity index (χ0v) is 13.8. The smallest absolute Gasteiger partial charge is 0.277 e. The molecule has 1 aromatic heterocycles. The number of hydrogen-bond acceptors (Lipinski definition) is 4. The van der Waals surface area contributed by atoms with Gasteiger partial charge in [-0.05, 0) is 43.2 Å². The number of carbonyl (C=O) groups is 1. The number of benzene rings is 2. The first-order valence-corrected chi connectivity index (χ1v) is 7.57. The molecule has 3 aromatic rings. The van der Waals surface area contributed by atoms with E-state index in [0.29, 0.717) is 17.2 Å². The number of aryl methyl sites for hydroxylation is 2. The highest BCUT2D eigenvalue weighted by Crippen LogP contribution is 2.25. The topological polar surface area (TPSA) is 64.4 Å². The largest absolute Gasteiger partial charge is 0.495 e. The van der Waals surface area contributed by atoms with Gasteiger partial charge in [0, 0.05) is 11.6 Å². The van der Waals surface area contributed by atoms with Crippen molar-refractivity contribution in [3.05, 3.63) is 65.4 Å². The maximum absolute atomic E-state index is 12.4. The first kappa shape index (κ1) is 15.8. The van der Waals surface area contributed by atoms with Crippen molar-refractivity contribution in [3.63, 3.8) is 0 Å². The van der Waals surface area contributed by atoms with E-state index in [9.17, 15) is 4.79 Å². The number of nitrogens with one attached hydrogen (secondary N) is 1. The molecule has 0 unspecified atom stereocenters. The molecular formula is C19H18N2O3. The van der Waals surface area contributed by atoms with Crippen LogP contribution in [0.2, 0.25) is 0 Å². The van der Waals surface area contributed by atoms with Crippen LogP contribution in [0.4, 0.5) is 5.69 Å². The quantitative estimate of drug-likeness (QED) is 0.781. The molecule has 3 rings (SSSR count). The number of aromatic nitrogens is 1. The Morgan fingerprint density at radius 3 is 2.62 bits per heavy atom. The van der Waals surface area contributed by atoms with Crippen LogP contribution < -0.4 is 10.1 Å². The van der Waals surface area contributed by atoms with E-state index in [0.717, 1.165) is 11.1 Å². The minimum atomic E-state index is -0.349. The van der Waals surface area contributed by atoms with Crippen LogP contribution in [-0.2, 0) is 0 Å². The van der Waals surface area contributed by atoms with E-state index in [-0.39, 0.29) is 11.6 Å². The van der Waals surface area contributed by atoms with Gasteiger partial charge in [-0.25, -0.2) is 0 Å². The molecular weight excluding hydrogens is 304 g/mol. The standard InChI is InChI=1S/C19H18N2O3/c1-12-8-9-14(10-13(12)2)18-11-16(21-24-18)19(22)20-15-6-4-5-7-17(15)23-3/h4-11H,1-3H3,(H,20,22). The molecule has 0 aliphatic carbocycles. The van der Waals surface area contributed by atoms with Crippen LogP contribution in [0.1, 0.15) is 21.6 Å². The summed E-state index contributed by atoms with van der Waals surface area (Å²) in [4.78, 5) is 12.4. The maximum Gasteiger partial charge on any atom is 0.277 e. The lowest BCUT2D eigenvalue weighted by Gasteiger charge is -2.08. The molecule has 0 aliphatic rings. The van der Waals surface area contributed by atoms with Gasteiger partial charge in [0.15, 0.2) is 11.5 Å². The third-order valence-corrected chi connectivity index (χ3v) is 3.89. The van der Waals surface area contributed by atoms with Gasteiger partial charge in [0.2, 0.25) is 0 Å². The molecule has 0 fully saturated rings. The van der Waals surface area contributed by atoms with E-state index in [1.165, 1.54) is 5.56 Å². The molecule has 0 atom stereocenters. The van der Waals surface area contributed by atoms with Gasteiger partial charge < -0.3 is 14.6 Å². The predicted octanol–water partition coefficient (Wildman–Crippen LogP) is 4.22. The molecule has 0 saturated heterocycles. The summed E-state index contributed by atoms with van der Waals surface area (Å²) in [6.07, 6.45) is 0. The van der Waals surface area contributed by atoms with Crippen LogP contribution >= 0.6 is 0 Å². The maximum atomic E-state index is 12.4. The number of amides is 1. The highest BCUT2D eigenvalue weighted by Gasteiger charge is 2.15. The highest BCUT2D eigenvalue weighted by molar-refractivity contribution is 6.04. The summed E-state index contributed by atoms with van der Waals surface area (Å²) in [7, 11) is 1.55. The Bertz CT molecular complexity index is 884. The van der Waals surface area contributed by atoms with Gasteiger partial charge in [-0.2, -0.15) is 0 Å². The van der Waals surface area contributed by atoms with E-state index >= 15 is 0 Å². The summed E-state index contributed by atoms with van der Waals surface area (Å²) < 4.78 is 10.5. The molecule has 1 heterocycles. The number of nitrogens with zero attached hydrogens (tertiary/aromatic N) is 1. The van der Waals surface area contributed by atoms with Gasteiger partial charge in [-0.1, -0.05) is 29.4 Å². The fourth-order valence-corrected chi connectivity index (χ4v) is 2.35. The van der Waals surface area contributed by atoms with Crippen molar-refractivity contribution in [1.29, 1.82) is 0 Å². The minimum Gasteiger partial charge on any atom is -0.495 e. The van der Waals surface area contributed by atoms with Gasteiger partial charge in [-0.3, -0.25) is 4.79 Å². The fourth-order valence-electron chi connectivity index (χ4n) is 2.35. The third kappa shape index (κ3) is 3.15. The molecule has 1 N–H and O–H groups in total. The van der Waals surface area contributed by atoms with Gasteiger partial charge in [0.1, 0.15) is 5.75 Å². The molecule has 0 saturated carbocycles. The summed E-state index contributed by atoms with van der Waals surface area (Å²) in [5, 5.41) is 6.64. The van der Waals surface area contributed by atoms with Crippen LogP contribution in [0.15, 0.2) is 53.1 Å². The van der Waals surface area contributed by atoms with Crippen molar-refractivity contribution in [2.24, 2.45) is 0 Å². The highest BCUT2D eigenvalue weighted by atomic mass is 16.5. The van der Waals surface area contributed by atoms with Crippen molar-refractivity contribution < 1.29 is 14.1 Å². The average Bonchev–Trinajstić information content (AvgIpc) is 3.08. The number of hydrogen-bond donors (Lipinski definition) is 1. The number of rotatable bonds is 4. The molecule has 0 aliphatic heterocycles. The van der Waals surface area contributed by atoms with Crippen molar-refractivity contribution in [3.8, 4) is 17.1 Å². The van der Waals surface area contributed by atoms with Crippen LogP contribution in [0, 0.1) is 13.8 Å². The summed E-state index contributed by atoms with van der Waals surface area (Å²) in [6.45, 7) is 4.08. The van der Waals surface area contributed by atoms with Crippen LogP contribution in [0.5, 0.6) is 5.75 Å². The molecule has 122 valence electrons. The van der Waals surface area contributed by atoms with Gasteiger partial charge >= 0.3 is 0 Å². The van der Waals surface area contributed by atoms with Crippen LogP contribution in [-0.4, -0.2) is 18.2 Å². The fraction of sp³-hybridized carbons (Fsp3) is 0.158. The summed E-state index contributed by atoms with van der Waals surface area (Å²) in [6, 6.07) is 14.8. The second kappa shape index (κ2) is 6.58. The average molecular weight is 322 g/mol. The second-order valence-electron chi connectivity index (χ2n) is 5.53. The third-order valence-electron chi connectivity index (χ3n) is 3.89. The molecule has 0 bridgehead atoms. The SMILES string of the molecule is COc1ccccc1NC(=O)c1cc(-c2ccc(C)c(C)c2)on1. The number of carbonyl (C=O) groups excluding carboxylic acids is 1. The second-order valence-corrected chi connectivity index (χ2v) is 5.53. The lowest BCUT2D eigenvalue weighted by Crippen LogP contribution is -2.12. The molecule has 0 radical (unpaired) electrons. The molecule has 1 amide bonds. The Hall–Kier alpha value is -3.08. The summed E-state index contributed by atoms with van der Waals surface area (Å²) in [5.41, 5.74) is 4.05. The van der Waals surface area contributed by atoms with E-state index < -0.39 is 0 Å². The van der Waals surface area contributed by atoms with Gasteiger partial charge in [-0.15, -0.1) is 0 Å². The van der Waals surface area contributed by atoms with Crippen molar-refractivity contribution in [2.45, 2.75) is 13.8 Å². The molecule has 24 heavy (non-hydrogen) atoms. The van der Waals surface area contributed by atoms with Gasteiger partial charge in [0.25, 0.3) is 5.91 Å². The van der Waals surface area contributed by atoms with Gasteiger partial charge in [0.05, 0.1) is 12.8 Å². The summed E-state index contributed by atoms with van der Waals surface area (Å²) >= 11 is 0. The molecule has 5 heteroatoms. The van der Waals surface area contributed by atoms with E-state index in [1.807, 2.05) is 44.2 Å². The van der Waals surface area contributed by atoms with Crippen molar-refractivity contribution in [1.82, 2.24) is 5.16 Å². The Balaban J connectivity index is 1.82. The lowest BCUT2D eigenvalue weighted by molar-refractivity contribution is 0.101. The predicted molar refractivity (Wildman–Crippen MR) is 92.4 cm³/mol. The zero-order valence-electron chi connectivity index (χ0n) is 13.8. The normalized spacial score (nSPS) is 10.5. The molecule has 5 nitrogen and oxygen atoms in total.